The molecule has 0 amide bonds. The molecule has 0 bridgehead atoms. The lowest BCUT2D eigenvalue weighted by molar-refractivity contribution is -0.0292. The van der Waals surface area contributed by atoms with Gasteiger partial charge in [-0.1, -0.05) is 58.6 Å². The first-order valence-electron chi connectivity index (χ1n) is 15.0. The Bertz CT molecular complexity index is 1100. The number of aromatic nitrogens is 2. The van der Waals surface area contributed by atoms with Gasteiger partial charge in [0.15, 0.2) is 0 Å². The summed E-state index contributed by atoms with van der Waals surface area (Å²) in [5.41, 5.74) is 2.01. The molecular weight excluding hydrogens is 462 g/mol. The first kappa shape index (κ1) is 27.0. The first-order valence-corrected chi connectivity index (χ1v) is 15.0. The lowest BCUT2D eigenvalue weighted by Gasteiger charge is -2.45. The number of aliphatic hydroxyl groups excluding tert-OH is 2. The maximum absolute atomic E-state index is 13.8. The molecular formula is C31H49N3O3. The smallest absolute Gasteiger partial charge is 0.329 e. The van der Waals surface area contributed by atoms with Crippen LogP contribution >= 0.6 is 0 Å². The van der Waals surface area contributed by atoms with Gasteiger partial charge in [-0.3, -0.25) is 9.13 Å². The molecule has 1 aromatic heterocycles. The molecule has 1 spiro atoms. The van der Waals surface area contributed by atoms with Crippen LogP contribution in [0.5, 0.6) is 0 Å². The molecule has 3 atom stereocenters. The van der Waals surface area contributed by atoms with Gasteiger partial charge in [-0.25, -0.2) is 4.79 Å². The Kier molecular flexibility index (Phi) is 7.91. The van der Waals surface area contributed by atoms with Crippen LogP contribution in [0.2, 0.25) is 0 Å². The zero-order chi connectivity index (χ0) is 26.2. The van der Waals surface area contributed by atoms with Crippen molar-refractivity contribution in [3.63, 3.8) is 0 Å². The molecule has 1 aliphatic heterocycles. The minimum absolute atomic E-state index is 0.0395. The molecule has 2 N–H and O–H groups in total. The number of aliphatic hydroxyl groups is 2. The maximum Gasteiger partial charge on any atom is 0.329 e. The highest BCUT2D eigenvalue weighted by Crippen LogP contribution is 2.52. The summed E-state index contributed by atoms with van der Waals surface area (Å²) in [6.07, 6.45) is 12.8. The van der Waals surface area contributed by atoms with Gasteiger partial charge < -0.3 is 15.1 Å². The largest absolute Gasteiger partial charge is 0.396 e. The number of para-hydroxylation sites is 2. The summed E-state index contributed by atoms with van der Waals surface area (Å²) in [5, 5.41) is 20.6. The molecule has 2 saturated carbocycles. The Hall–Kier alpha value is -1.63. The predicted molar refractivity (Wildman–Crippen MR) is 150 cm³/mol. The zero-order valence-electron chi connectivity index (χ0n) is 23.4. The fourth-order valence-electron chi connectivity index (χ4n) is 8.09. The third-order valence-corrected chi connectivity index (χ3v) is 10.4. The molecule has 2 heterocycles. The number of rotatable bonds is 8. The van der Waals surface area contributed by atoms with Crippen molar-refractivity contribution in [1.82, 2.24) is 14.0 Å². The van der Waals surface area contributed by atoms with Crippen LogP contribution in [0, 0.1) is 22.7 Å². The van der Waals surface area contributed by atoms with Crippen LogP contribution in [0.15, 0.2) is 29.1 Å². The Morgan fingerprint density at radius 2 is 1.62 bits per heavy atom. The average molecular weight is 512 g/mol. The highest BCUT2D eigenvalue weighted by molar-refractivity contribution is 5.76. The highest BCUT2D eigenvalue weighted by Gasteiger charge is 2.43. The van der Waals surface area contributed by atoms with Gasteiger partial charge in [-0.05, 0) is 62.0 Å². The van der Waals surface area contributed by atoms with Crippen molar-refractivity contribution in [2.24, 2.45) is 22.7 Å². The number of imidazole rings is 1. The average Bonchev–Trinajstić information content (AvgIpc) is 3.48. The third-order valence-electron chi connectivity index (χ3n) is 10.4. The van der Waals surface area contributed by atoms with E-state index in [0.717, 1.165) is 42.9 Å². The van der Waals surface area contributed by atoms with E-state index in [1.807, 2.05) is 48.1 Å². The lowest BCUT2D eigenvalue weighted by Crippen LogP contribution is -2.44. The second-order valence-electron chi connectivity index (χ2n) is 13.4. The van der Waals surface area contributed by atoms with Crippen molar-refractivity contribution >= 4 is 11.0 Å². The Balaban J connectivity index is 1.30. The van der Waals surface area contributed by atoms with Crippen molar-refractivity contribution in [2.75, 3.05) is 26.2 Å². The van der Waals surface area contributed by atoms with E-state index in [2.05, 4.69) is 11.0 Å². The van der Waals surface area contributed by atoms with Gasteiger partial charge in [-0.2, -0.15) is 0 Å². The second kappa shape index (κ2) is 10.9. The number of fused-ring (bicyclic) bond motifs is 1. The topological polar surface area (TPSA) is 70.6 Å². The standard InChI is InChI=1S/C31H49N3O3/c1-23(28(36)30(2,3)22-35)20-33-26-11-4-5-12-27(26)34(29(33)37)25-13-18-32(19-14-25)21-24-10-6-7-15-31(24)16-8-9-17-31/h4-5,11-12,23-25,28,35-36H,6-10,13-22H2,1-3H3/t23-,24?,28-/m1/s1. The van der Waals surface area contributed by atoms with Gasteiger partial charge in [-0.15, -0.1) is 0 Å². The molecule has 3 fully saturated rings. The summed E-state index contributed by atoms with van der Waals surface area (Å²) in [6, 6.07) is 8.34. The highest BCUT2D eigenvalue weighted by atomic mass is 16.3. The van der Waals surface area contributed by atoms with Gasteiger partial charge in [0.05, 0.1) is 23.7 Å². The molecule has 37 heavy (non-hydrogen) atoms. The number of hydrogen-bond acceptors (Lipinski definition) is 4. The minimum Gasteiger partial charge on any atom is -0.396 e. The van der Waals surface area contributed by atoms with E-state index in [9.17, 15) is 15.0 Å². The molecule has 6 nitrogen and oxygen atoms in total. The van der Waals surface area contributed by atoms with Crippen molar-refractivity contribution in [1.29, 1.82) is 0 Å². The van der Waals surface area contributed by atoms with Crippen molar-refractivity contribution in [3.05, 3.63) is 34.7 Å². The fraction of sp³-hybridized carbons (Fsp3) is 0.774. The van der Waals surface area contributed by atoms with Gasteiger partial charge in [0, 0.05) is 43.6 Å². The molecule has 5 rings (SSSR count). The third kappa shape index (κ3) is 5.18. The van der Waals surface area contributed by atoms with Crippen LogP contribution in [0.1, 0.15) is 91.0 Å². The fourth-order valence-corrected chi connectivity index (χ4v) is 8.09. The van der Waals surface area contributed by atoms with E-state index in [4.69, 9.17) is 0 Å². The van der Waals surface area contributed by atoms with E-state index in [-0.39, 0.29) is 24.3 Å². The quantitative estimate of drug-likeness (QED) is 0.511. The number of hydrogen-bond donors (Lipinski definition) is 2. The first-order chi connectivity index (χ1) is 17.8. The lowest BCUT2D eigenvalue weighted by atomic mass is 9.65. The van der Waals surface area contributed by atoms with Crippen LogP contribution in [-0.4, -0.2) is 56.6 Å². The molecule has 2 aliphatic carbocycles. The van der Waals surface area contributed by atoms with Crippen LogP contribution < -0.4 is 5.69 Å². The summed E-state index contributed by atoms with van der Waals surface area (Å²) in [5.74, 6) is 0.709. The normalized spacial score (nSPS) is 25.2. The van der Waals surface area contributed by atoms with Crippen LogP contribution in [0.3, 0.4) is 0 Å². The molecule has 1 saturated heterocycles. The number of likely N-dealkylation sites (tertiary alicyclic amines) is 1. The van der Waals surface area contributed by atoms with Gasteiger partial charge in [0.1, 0.15) is 0 Å². The predicted octanol–water partition coefficient (Wildman–Crippen LogP) is 5.21. The number of piperidine rings is 1. The second-order valence-corrected chi connectivity index (χ2v) is 13.4. The molecule has 6 heteroatoms. The number of benzene rings is 1. The van der Waals surface area contributed by atoms with Crippen LogP contribution in [0.25, 0.3) is 11.0 Å². The molecule has 0 radical (unpaired) electrons. The summed E-state index contributed by atoms with van der Waals surface area (Å²) >= 11 is 0. The monoisotopic (exact) mass is 511 g/mol. The maximum atomic E-state index is 13.8. The summed E-state index contributed by atoms with van der Waals surface area (Å²) in [6.45, 7) is 9.47. The Morgan fingerprint density at radius 1 is 1.00 bits per heavy atom. The van der Waals surface area contributed by atoms with E-state index in [0.29, 0.717) is 12.0 Å². The molecule has 1 unspecified atom stereocenters. The SMILES string of the molecule is C[C@H](Cn1c(=O)n(C2CCN(CC3CCCCC34CCCC4)CC2)c2ccccc21)[C@@H](O)C(C)(C)CO. The molecule has 206 valence electrons. The molecule has 2 aromatic rings. The minimum atomic E-state index is -0.697. The van der Waals surface area contributed by atoms with Crippen molar-refractivity contribution in [2.45, 2.75) is 104 Å². The number of nitrogens with zero attached hydrogens (tertiary/aromatic N) is 3. The van der Waals surface area contributed by atoms with E-state index < -0.39 is 11.5 Å². The Morgan fingerprint density at radius 3 is 2.27 bits per heavy atom. The van der Waals surface area contributed by atoms with Gasteiger partial charge >= 0.3 is 5.69 Å². The van der Waals surface area contributed by atoms with E-state index >= 15 is 0 Å². The van der Waals surface area contributed by atoms with Crippen molar-refractivity contribution in [3.8, 4) is 0 Å². The van der Waals surface area contributed by atoms with Crippen molar-refractivity contribution < 1.29 is 10.2 Å². The van der Waals surface area contributed by atoms with Gasteiger partial charge in [0.2, 0.25) is 0 Å². The van der Waals surface area contributed by atoms with Crippen LogP contribution in [0.4, 0.5) is 0 Å². The summed E-state index contributed by atoms with van der Waals surface area (Å²) < 4.78 is 3.90. The molecule has 1 aromatic carbocycles. The van der Waals surface area contributed by atoms with Gasteiger partial charge in [0.25, 0.3) is 0 Å². The van der Waals surface area contributed by atoms with Crippen LogP contribution in [-0.2, 0) is 6.54 Å². The zero-order valence-corrected chi connectivity index (χ0v) is 23.4. The Labute approximate surface area is 222 Å². The molecule has 3 aliphatic rings. The van der Waals surface area contributed by atoms with E-state index in [1.165, 1.54) is 57.9 Å². The summed E-state index contributed by atoms with van der Waals surface area (Å²) in [4.78, 5) is 16.5. The van der Waals surface area contributed by atoms with E-state index in [1.54, 1.807) is 0 Å². The summed E-state index contributed by atoms with van der Waals surface area (Å²) in [7, 11) is 0.